The van der Waals surface area contributed by atoms with Crippen LogP contribution in [-0.2, 0) is 14.3 Å². The third-order valence-electron chi connectivity index (χ3n) is 1.49. The third-order valence-corrected chi connectivity index (χ3v) is 2.05. The molecule has 0 rings (SSSR count). The van der Waals surface area contributed by atoms with Gasteiger partial charge in [0.2, 0.25) is 0 Å². The highest BCUT2D eigenvalue weighted by Gasteiger charge is 1.97. The van der Waals surface area contributed by atoms with Crippen LogP contribution >= 0.6 is 0 Å². The Hall–Kier alpha value is -0.350. The van der Waals surface area contributed by atoms with Crippen LogP contribution in [0.5, 0.6) is 0 Å². The Bertz CT molecular complexity index is 229. The van der Waals surface area contributed by atoms with Gasteiger partial charge in [0.05, 0.1) is 12.9 Å². The Kier molecular flexibility index (Phi) is 5.17. The average Bonchev–Trinajstić information content (AvgIpc) is 1.96. The van der Waals surface area contributed by atoms with E-state index in [4.69, 9.17) is 0 Å². The van der Waals surface area contributed by atoms with Crippen molar-refractivity contribution in [1.82, 2.24) is 0 Å². The predicted octanol–water partition coefficient (Wildman–Crippen LogP) is 1.56. The topological polar surface area (TPSA) is 43.4 Å². The highest BCUT2D eigenvalue weighted by Crippen LogP contribution is 2.01. The molecule has 0 heterocycles. The fourth-order valence-corrected chi connectivity index (χ4v) is 0.913. The van der Waals surface area contributed by atoms with Crippen LogP contribution in [0.3, 0.4) is 0 Å². The molecule has 72 valence electrons. The Labute approximate surface area is 74.6 Å². The summed E-state index contributed by atoms with van der Waals surface area (Å²) in [5.74, 6) is 0.480. The van der Waals surface area contributed by atoms with Crippen LogP contribution in [0.2, 0.25) is 0 Å². The largest absolute Gasteiger partial charge is 0.266 e. The molecule has 1 unspecified atom stereocenters. The van der Waals surface area contributed by atoms with Crippen molar-refractivity contribution in [2.24, 2.45) is 5.92 Å². The molecule has 4 heteroatoms. The molecule has 0 saturated carbocycles. The van der Waals surface area contributed by atoms with Crippen LogP contribution in [-0.4, -0.2) is 21.3 Å². The Morgan fingerprint density at radius 1 is 1.50 bits per heavy atom. The summed E-state index contributed by atoms with van der Waals surface area (Å²) in [6.45, 7) is 4.28. The number of rotatable bonds is 5. The van der Waals surface area contributed by atoms with Crippen molar-refractivity contribution in [3.05, 3.63) is 12.2 Å². The summed E-state index contributed by atoms with van der Waals surface area (Å²) >= 11 is 0. The molecule has 0 aliphatic heterocycles. The number of hydrogen-bond donors (Lipinski definition) is 0. The van der Waals surface area contributed by atoms with Gasteiger partial charge in [0.15, 0.2) is 0 Å². The molecule has 0 aromatic carbocycles. The van der Waals surface area contributed by atoms with Crippen LogP contribution in [0, 0.1) is 5.92 Å². The third kappa shape index (κ3) is 7.75. The maximum absolute atomic E-state index is 10.5. The summed E-state index contributed by atoms with van der Waals surface area (Å²) in [6, 6.07) is 0. The second-order valence-electron chi connectivity index (χ2n) is 2.80. The first-order valence-electron chi connectivity index (χ1n) is 3.96. The minimum Gasteiger partial charge on any atom is -0.266 e. The van der Waals surface area contributed by atoms with Crippen molar-refractivity contribution >= 4 is 10.1 Å². The van der Waals surface area contributed by atoms with E-state index in [0.717, 1.165) is 12.7 Å². The zero-order valence-corrected chi connectivity index (χ0v) is 8.60. The van der Waals surface area contributed by atoms with Crippen molar-refractivity contribution in [2.75, 3.05) is 12.9 Å². The molecule has 12 heavy (non-hydrogen) atoms. The minimum atomic E-state index is -3.28. The lowest BCUT2D eigenvalue weighted by Crippen LogP contribution is -2.02. The summed E-state index contributed by atoms with van der Waals surface area (Å²) in [5, 5.41) is 0. The van der Waals surface area contributed by atoms with Crippen LogP contribution < -0.4 is 0 Å². The average molecular weight is 192 g/mol. The minimum absolute atomic E-state index is 0.142. The maximum atomic E-state index is 10.5. The van der Waals surface area contributed by atoms with Crippen LogP contribution in [0.25, 0.3) is 0 Å². The van der Waals surface area contributed by atoms with Crippen LogP contribution in [0.4, 0.5) is 0 Å². The van der Waals surface area contributed by atoms with Gasteiger partial charge in [-0.25, -0.2) is 0 Å². The Morgan fingerprint density at radius 3 is 2.50 bits per heavy atom. The van der Waals surface area contributed by atoms with Gasteiger partial charge in [-0.1, -0.05) is 32.4 Å². The fourth-order valence-electron chi connectivity index (χ4n) is 0.587. The predicted molar refractivity (Wildman–Crippen MR) is 49.4 cm³/mol. The normalized spacial score (nSPS) is 15.2. The van der Waals surface area contributed by atoms with Crippen molar-refractivity contribution < 1.29 is 12.6 Å². The molecule has 0 aliphatic carbocycles. The van der Waals surface area contributed by atoms with Crippen molar-refractivity contribution in [3.63, 3.8) is 0 Å². The van der Waals surface area contributed by atoms with Gasteiger partial charge in [-0.15, -0.1) is 0 Å². The molecule has 0 spiro atoms. The second-order valence-corrected chi connectivity index (χ2v) is 4.45. The molecule has 0 saturated heterocycles. The van der Waals surface area contributed by atoms with Crippen LogP contribution in [0.1, 0.15) is 20.3 Å². The van der Waals surface area contributed by atoms with Gasteiger partial charge in [0.25, 0.3) is 10.1 Å². The van der Waals surface area contributed by atoms with Gasteiger partial charge in [-0.2, -0.15) is 8.42 Å². The molecule has 0 aromatic heterocycles. The Morgan fingerprint density at radius 2 is 2.08 bits per heavy atom. The van der Waals surface area contributed by atoms with E-state index < -0.39 is 10.1 Å². The summed E-state index contributed by atoms with van der Waals surface area (Å²) in [6.07, 6.45) is 5.78. The van der Waals surface area contributed by atoms with Crippen molar-refractivity contribution in [1.29, 1.82) is 0 Å². The lowest BCUT2D eigenvalue weighted by Gasteiger charge is -1.99. The first kappa shape index (κ1) is 11.6. The van der Waals surface area contributed by atoms with E-state index in [2.05, 4.69) is 18.0 Å². The van der Waals surface area contributed by atoms with E-state index in [1.807, 2.05) is 6.08 Å². The summed E-state index contributed by atoms with van der Waals surface area (Å²) in [7, 11) is -3.28. The van der Waals surface area contributed by atoms with Gasteiger partial charge >= 0.3 is 0 Å². The molecule has 0 radical (unpaired) electrons. The molecule has 0 N–H and O–H groups in total. The number of allylic oxidation sites excluding steroid dienone is 1. The smallest absolute Gasteiger partial charge is 0.264 e. The maximum Gasteiger partial charge on any atom is 0.264 e. The van der Waals surface area contributed by atoms with Gasteiger partial charge in [-0.3, -0.25) is 4.18 Å². The SMILES string of the molecule is CCC(C)/C=C/COS(C)(=O)=O. The highest BCUT2D eigenvalue weighted by molar-refractivity contribution is 7.85. The lowest BCUT2D eigenvalue weighted by atomic mass is 10.1. The molecule has 3 nitrogen and oxygen atoms in total. The van der Waals surface area contributed by atoms with E-state index in [1.165, 1.54) is 0 Å². The second kappa shape index (κ2) is 5.32. The standard InChI is InChI=1S/C8H16O3S/c1-4-8(2)6-5-7-11-12(3,9)10/h5-6,8H,4,7H2,1-3H3/b6-5+. The first-order chi connectivity index (χ1) is 5.45. The van der Waals surface area contributed by atoms with Gasteiger partial charge in [0.1, 0.15) is 0 Å². The van der Waals surface area contributed by atoms with E-state index in [9.17, 15) is 8.42 Å². The lowest BCUT2D eigenvalue weighted by molar-refractivity contribution is 0.361. The first-order valence-corrected chi connectivity index (χ1v) is 5.78. The highest BCUT2D eigenvalue weighted by atomic mass is 32.2. The van der Waals surface area contributed by atoms with E-state index in [1.54, 1.807) is 6.08 Å². The Balaban J connectivity index is 3.63. The van der Waals surface area contributed by atoms with Gasteiger partial charge < -0.3 is 0 Å². The molecular formula is C8H16O3S. The van der Waals surface area contributed by atoms with E-state index in [0.29, 0.717) is 5.92 Å². The van der Waals surface area contributed by atoms with Crippen molar-refractivity contribution in [2.45, 2.75) is 20.3 Å². The molecule has 0 aromatic rings. The molecule has 0 aliphatic rings. The zero-order valence-electron chi connectivity index (χ0n) is 7.78. The summed E-state index contributed by atoms with van der Waals surface area (Å²) in [4.78, 5) is 0. The monoisotopic (exact) mass is 192 g/mol. The van der Waals surface area contributed by atoms with Crippen molar-refractivity contribution in [3.8, 4) is 0 Å². The van der Waals surface area contributed by atoms with E-state index in [-0.39, 0.29) is 6.61 Å². The van der Waals surface area contributed by atoms with Crippen LogP contribution in [0.15, 0.2) is 12.2 Å². The van der Waals surface area contributed by atoms with E-state index >= 15 is 0 Å². The summed E-state index contributed by atoms with van der Waals surface area (Å²) < 4.78 is 25.5. The van der Waals surface area contributed by atoms with Gasteiger partial charge in [-0.05, 0) is 5.92 Å². The molecule has 0 bridgehead atoms. The van der Waals surface area contributed by atoms with Gasteiger partial charge in [0, 0.05) is 0 Å². The molecule has 1 atom stereocenters. The molecule has 0 fully saturated rings. The summed E-state index contributed by atoms with van der Waals surface area (Å²) in [5.41, 5.74) is 0. The number of hydrogen-bond acceptors (Lipinski definition) is 3. The molecular weight excluding hydrogens is 176 g/mol. The zero-order chi connectivity index (χ0) is 9.61. The molecule has 0 amide bonds. The fraction of sp³-hybridized carbons (Fsp3) is 0.750. The quantitative estimate of drug-likeness (QED) is 0.490.